The summed E-state index contributed by atoms with van der Waals surface area (Å²) in [5.74, 6) is 0.751. The molecule has 0 fully saturated rings. The van der Waals surface area contributed by atoms with Gasteiger partial charge < -0.3 is 9.47 Å². The summed E-state index contributed by atoms with van der Waals surface area (Å²) < 4.78 is 10.9. The normalized spacial score (nSPS) is 13.7. The van der Waals surface area contributed by atoms with Crippen LogP contribution in [0.25, 0.3) is 0 Å². The van der Waals surface area contributed by atoms with E-state index in [9.17, 15) is 9.59 Å². The number of halogens is 2. The number of esters is 2. The zero-order chi connectivity index (χ0) is 23.3. The van der Waals surface area contributed by atoms with Crippen LogP contribution in [-0.2, 0) is 15.0 Å². The lowest BCUT2D eigenvalue weighted by Gasteiger charge is -2.26. The quantitative estimate of drug-likeness (QED) is 0.208. The molecule has 0 heterocycles. The second-order valence-electron chi connectivity index (χ2n) is 8.81. The SMILES string of the molecule is CC(C)[C@@H](Br)C(=O)Oc1ccc(C(C)(C)c2ccc(OC(=O)[C@H](Br)C(C)C)cc2)cc1. The largest absolute Gasteiger partial charge is 0.426 e. The number of benzene rings is 2. The van der Waals surface area contributed by atoms with Crippen LogP contribution in [0, 0.1) is 11.8 Å². The van der Waals surface area contributed by atoms with Crippen molar-refractivity contribution in [2.45, 2.75) is 56.6 Å². The summed E-state index contributed by atoms with van der Waals surface area (Å²) in [6, 6.07) is 15.1. The Balaban J connectivity index is 2.10. The molecule has 0 unspecified atom stereocenters. The van der Waals surface area contributed by atoms with Crippen molar-refractivity contribution in [3.63, 3.8) is 0 Å². The fraction of sp³-hybridized carbons (Fsp3) is 0.440. The number of carbonyl (C=O) groups is 2. The minimum Gasteiger partial charge on any atom is -0.426 e. The van der Waals surface area contributed by atoms with Gasteiger partial charge in [0.15, 0.2) is 0 Å². The summed E-state index contributed by atoms with van der Waals surface area (Å²) in [6.45, 7) is 12.1. The lowest BCUT2D eigenvalue weighted by molar-refractivity contribution is -0.135. The number of rotatable bonds is 8. The highest BCUT2D eigenvalue weighted by molar-refractivity contribution is 9.10. The summed E-state index contributed by atoms with van der Waals surface area (Å²) in [4.78, 5) is 23.6. The van der Waals surface area contributed by atoms with Crippen LogP contribution < -0.4 is 9.47 Å². The van der Waals surface area contributed by atoms with Gasteiger partial charge in [-0.3, -0.25) is 9.59 Å². The molecule has 0 N–H and O–H groups in total. The van der Waals surface area contributed by atoms with E-state index in [0.717, 1.165) is 11.1 Å². The zero-order valence-corrected chi connectivity index (χ0v) is 22.0. The average molecular weight is 554 g/mol. The highest BCUT2D eigenvalue weighted by atomic mass is 79.9. The zero-order valence-electron chi connectivity index (χ0n) is 18.8. The molecule has 0 radical (unpaired) electrons. The number of ether oxygens (including phenoxy) is 2. The number of hydrogen-bond donors (Lipinski definition) is 0. The Morgan fingerprint density at radius 1 is 0.677 bits per heavy atom. The highest BCUT2D eigenvalue weighted by Crippen LogP contribution is 2.33. The average Bonchev–Trinajstić information content (AvgIpc) is 2.73. The third-order valence-electron chi connectivity index (χ3n) is 5.21. The van der Waals surface area contributed by atoms with Gasteiger partial charge in [0.25, 0.3) is 0 Å². The lowest BCUT2D eigenvalue weighted by atomic mass is 9.78. The van der Waals surface area contributed by atoms with Crippen LogP contribution in [-0.4, -0.2) is 21.6 Å². The van der Waals surface area contributed by atoms with Crippen LogP contribution in [0.2, 0.25) is 0 Å². The van der Waals surface area contributed by atoms with Crippen LogP contribution in [0.15, 0.2) is 48.5 Å². The standard InChI is InChI=1S/C25H30Br2O4/c1-15(2)21(26)23(28)30-19-11-7-17(8-12-19)25(5,6)18-9-13-20(14-10-18)31-24(29)22(27)16(3)4/h7-16,21-22H,1-6H3/t21-,22-/m1/s1. The molecule has 0 saturated carbocycles. The van der Waals surface area contributed by atoms with Crippen molar-refractivity contribution >= 4 is 43.8 Å². The van der Waals surface area contributed by atoms with Gasteiger partial charge in [-0.05, 0) is 47.2 Å². The maximum atomic E-state index is 12.1. The molecule has 2 aromatic rings. The van der Waals surface area contributed by atoms with Crippen molar-refractivity contribution in [3.8, 4) is 11.5 Å². The van der Waals surface area contributed by atoms with E-state index in [2.05, 4.69) is 45.7 Å². The van der Waals surface area contributed by atoms with Crippen LogP contribution >= 0.6 is 31.9 Å². The van der Waals surface area contributed by atoms with Gasteiger partial charge in [-0.15, -0.1) is 0 Å². The first-order chi connectivity index (χ1) is 14.4. The molecule has 0 spiro atoms. The minimum absolute atomic E-state index is 0.152. The smallest absolute Gasteiger partial charge is 0.325 e. The third-order valence-corrected chi connectivity index (χ3v) is 8.07. The predicted molar refractivity (Wildman–Crippen MR) is 131 cm³/mol. The summed E-state index contributed by atoms with van der Waals surface area (Å²) in [5.41, 5.74) is 1.88. The van der Waals surface area contributed by atoms with Gasteiger partial charge in [-0.25, -0.2) is 0 Å². The lowest BCUT2D eigenvalue weighted by Crippen LogP contribution is -2.25. The molecule has 0 aliphatic heterocycles. The van der Waals surface area contributed by atoms with Crippen LogP contribution in [0.4, 0.5) is 0 Å². The topological polar surface area (TPSA) is 52.6 Å². The van der Waals surface area contributed by atoms with Crippen LogP contribution in [0.1, 0.15) is 52.7 Å². The van der Waals surface area contributed by atoms with E-state index in [-0.39, 0.29) is 38.8 Å². The molecule has 4 nitrogen and oxygen atoms in total. The molecule has 0 aliphatic rings. The van der Waals surface area contributed by atoms with Gasteiger partial charge in [0.2, 0.25) is 0 Å². The Bertz CT molecular complexity index is 813. The van der Waals surface area contributed by atoms with Gasteiger partial charge in [0, 0.05) is 5.41 Å². The van der Waals surface area contributed by atoms with Gasteiger partial charge in [0.05, 0.1) is 0 Å². The van der Waals surface area contributed by atoms with E-state index in [4.69, 9.17) is 9.47 Å². The maximum absolute atomic E-state index is 12.1. The van der Waals surface area contributed by atoms with Crippen molar-refractivity contribution < 1.29 is 19.1 Å². The second kappa shape index (κ2) is 10.8. The minimum atomic E-state index is -0.336. The van der Waals surface area contributed by atoms with Crippen molar-refractivity contribution in [1.29, 1.82) is 0 Å². The summed E-state index contributed by atoms with van der Waals surface area (Å²) in [5, 5.41) is 0. The van der Waals surface area contributed by atoms with Gasteiger partial charge in [0.1, 0.15) is 21.2 Å². The van der Waals surface area contributed by atoms with Gasteiger partial charge >= 0.3 is 11.9 Å². The molecule has 2 rings (SSSR count). The van der Waals surface area contributed by atoms with E-state index < -0.39 is 0 Å². The first kappa shape index (κ1) is 25.6. The number of hydrogen-bond acceptors (Lipinski definition) is 4. The summed E-state index contributed by atoms with van der Waals surface area (Å²) in [6.07, 6.45) is 0. The Hall–Kier alpha value is -1.66. The Labute approximate surface area is 202 Å². The molecule has 6 heteroatoms. The van der Waals surface area contributed by atoms with Gasteiger partial charge in [-0.1, -0.05) is 97.7 Å². The molecule has 0 bridgehead atoms. The fourth-order valence-corrected chi connectivity index (χ4v) is 3.12. The Kier molecular flexibility index (Phi) is 8.90. The molecule has 2 atom stereocenters. The first-order valence-electron chi connectivity index (χ1n) is 10.4. The Morgan fingerprint density at radius 3 is 1.23 bits per heavy atom. The third kappa shape index (κ3) is 6.66. The van der Waals surface area contributed by atoms with Crippen molar-refractivity contribution in [1.82, 2.24) is 0 Å². The predicted octanol–water partition coefficient (Wildman–Crippen LogP) is 6.66. The Morgan fingerprint density at radius 2 is 0.968 bits per heavy atom. The molecule has 0 aliphatic carbocycles. The van der Waals surface area contributed by atoms with E-state index in [1.54, 1.807) is 0 Å². The van der Waals surface area contributed by atoms with E-state index in [0.29, 0.717) is 11.5 Å². The molecule has 168 valence electrons. The fourth-order valence-electron chi connectivity index (χ4n) is 2.94. The molecular weight excluding hydrogens is 524 g/mol. The molecular formula is C25H30Br2O4. The molecule has 0 saturated heterocycles. The molecule has 0 amide bonds. The molecule has 0 aromatic heterocycles. The highest BCUT2D eigenvalue weighted by Gasteiger charge is 2.25. The summed E-state index contributed by atoms with van der Waals surface area (Å²) in [7, 11) is 0. The first-order valence-corrected chi connectivity index (χ1v) is 12.2. The van der Waals surface area contributed by atoms with Crippen molar-refractivity contribution in [2.24, 2.45) is 11.8 Å². The van der Waals surface area contributed by atoms with Crippen molar-refractivity contribution in [2.75, 3.05) is 0 Å². The van der Waals surface area contributed by atoms with Crippen LogP contribution in [0.5, 0.6) is 11.5 Å². The number of carbonyl (C=O) groups excluding carboxylic acids is 2. The monoisotopic (exact) mass is 552 g/mol. The molecule has 2 aromatic carbocycles. The van der Waals surface area contributed by atoms with E-state index in [1.807, 2.05) is 76.2 Å². The summed E-state index contributed by atoms with van der Waals surface area (Å²) >= 11 is 6.74. The van der Waals surface area contributed by atoms with Crippen molar-refractivity contribution in [3.05, 3.63) is 59.7 Å². The molecule has 31 heavy (non-hydrogen) atoms. The van der Waals surface area contributed by atoms with Crippen LogP contribution in [0.3, 0.4) is 0 Å². The van der Waals surface area contributed by atoms with Gasteiger partial charge in [-0.2, -0.15) is 0 Å². The number of alkyl halides is 2. The maximum Gasteiger partial charge on any atom is 0.325 e. The van der Waals surface area contributed by atoms with E-state index in [1.165, 1.54) is 0 Å². The van der Waals surface area contributed by atoms with E-state index >= 15 is 0 Å². The second-order valence-corrected chi connectivity index (χ2v) is 10.8.